The third-order valence-electron chi connectivity index (χ3n) is 4.34. The zero-order chi connectivity index (χ0) is 16.0. The minimum absolute atomic E-state index is 0.00374. The van der Waals surface area contributed by atoms with Crippen molar-refractivity contribution in [2.24, 2.45) is 0 Å². The highest BCUT2D eigenvalue weighted by Crippen LogP contribution is 2.40. The first-order chi connectivity index (χ1) is 11.1. The fourth-order valence-electron chi connectivity index (χ4n) is 2.83. The summed E-state index contributed by atoms with van der Waals surface area (Å²) in [6.45, 7) is 1.91. The van der Waals surface area contributed by atoms with Crippen molar-refractivity contribution in [3.63, 3.8) is 0 Å². The van der Waals surface area contributed by atoms with Gasteiger partial charge in [-0.05, 0) is 37.0 Å². The van der Waals surface area contributed by atoms with Crippen molar-refractivity contribution >= 4 is 17.5 Å². The second-order valence-corrected chi connectivity index (χ2v) is 6.23. The summed E-state index contributed by atoms with van der Waals surface area (Å²) in [4.78, 5) is 23.7. The Labute approximate surface area is 133 Å². The van der Waals surface area contributed by atoms with E-state index in [1.807, 2.05) is 25.1 Å². The second-order valence-electron chi connectivity index (χ2n) is 6.23. The Bertz CT molecular complexity index is 792. The summed E-state index contributed by atoms with van der Waals surface area (Å²) in [5.41, 5.74) is 3.09. The maximum absolute atomic E-state index is 12.3. The van der Waals surface area contributed by atoms with E-state index in [1.54, 1.807) is 6.07 Å². The van der Waals surface area contributed by atoms with Crippen molar-refractivity contribution < 1.29 is 14.1 Å². The van der Waals surface area contributed by atoms with Crippen molar-refractivity contribution in [1.29, 1.82) is 0 Å². The Kier molecular flexibility index (Phi) is 3.18. The zero-order valence-corrected chi connectivity index (χ0v) is 12.8. The molecule has 2 aromatic rings. The number of amides is 2. The van der Waals surface area contributed by atoms with Crippen molar-refractivity contribution in [3.8, 4) is 0 Å². The van der Waals surface area contributed by atoms with Crippen LogP contribution in [0.3, 0.4) is 0 Å². The fraction of sp³-hybridized carbons (Fsp3) is 0.353. The number of benzene rings is 1. The standard InChI is InChI=1S/C17H17N3O3/c1-9(11-4-5-13-12(6-11)7-16(21)19-13)18-17(22)14-8-15(23-20-14)10-2-3-10/h4-6,8-10H,2-3,7H2,1H3,(H,18,22)(H,19,21). The highest BCUT2D eigenvalue weighted by molar-refractivity contribution is 5.99. The van der Waals surface area contributed by atoms with E-state index < -0.39 is 0 Å². The number of carbonyl (C=O) groups excluding carboxylic acids is 2. The third-order valence-corrected chi connectivity index (χ3v) is 4.34. The monoisotopic (exact) mass is 311 g/mol. The maximum atomic E-state index is 12.3. The van der Waals surface area contributed by atoms with E-state index in [0.717, 1.165) is 35.4 Å². The molecule has 2 N–H and O–H groups in total. The van der Waals surface area contributed by atoms with E-state index in [0.29, 0.717) is 18.0 Å². The molecule has 0 bridgehead atoms. The summed E-state index contributed by atoms with van der Waals surface area (Å²) < 4.78 is 5.21. The Morgan fingerprint density at radius 2 is 2.22 bits per heavy atom. The first-order valence-electron chi connectivity index (χ1n) is 7.80. The molecule has 1 fully saturated rings. The Balaban J connectivity index is 1.46. The fourth-order valence-corrected chi connectivity index (χ4v) is 2.83. The first kappa shape index (κ1) is 14.0. The van der Waals surface area contributed by atoms with Gasteiger partial charge >= 0.3 is 0 Å². The van der Waals surface area contributed by atoms with Gasteiger partial charge in [0.15, 0.2) is 5.69 Å². The molecule has 0 saturated heterocycles. The molecule has 6 heteroatoms. The average Bonchev–Trinajstić information content (AvgIpc) is 3.12. The van der Waals surface area contributed by atoms with E-state index in [9.17, 15) is 9.59 Å². The minimum Gasteiger partial charge on any atom is -0.360 e. The Morgan fingerprint density at radius 3 is 3.00 bits per heavy atom. The van der Waals surface area contributed by atoms with Gasteiger partial charge in [0.05, 0.1) is 12.5 Å². The van der Waals surface area contributed by atoms with Crippen LogP contribution in [0.2, 0.25) is 0 Å². The molecule has 1 aliphatic carbocycles. The highest BCUT2D eigenvalue weighted by Gasteiger charge is 2.29. The molecule has 2 amide bonds. The van der Waals surface area contributed by atoms with Gasteiger partial charge in [-0.1, -0.05) is 17.3 Å². The van der Waals surface area contributed by atoms with Gasteiger partial charge in [0, 0.05) is 17.7 Å². The predicted octanol–water partition coefficient (Wildman–Crippen LogP) is 2.54. The molecule has 2 heterocycles. The normalized spacial score (nSPS) is 17.5. The molecule has 6 nitrogen and oxygen atoms in total. The van der Waals surface area contributed by atoms with Crippen LogP contribution in [-0.2, 0) is 11.2 Å². The maximum Gasteiger partial charge on any atom is 0.273 e. The van der Waals surface area contributed by atoms with Gasteiger partial charge in [0.25, 0.3) is 5.91 Å². The number of carbonyl (C=O) groups is 2. The van der Waals surface area contributed by atoms with Crippen molar-refractivity contribution in [2.75, 3.05) is 5.32 Å². The van der Waals surface area contributed by atoms with Crippen molar-refractivity contribution in [1.82, 2.24) is 10.5 Å². The summed E-state index contributed by atoms with van der Waals surface area (Å²) in [6.07, 6.45) is 2.60. The molecule has 1 aromatic carbocycles. The quantitative estimate of drug-likeness (QED) is 0.908. The number of nitrogens with one attached hydrogen (secondary N) is 2. The Hall–Kier alpha value is -2.63. The van der Waals surface area contributed by atoms with Gasteiger partial charge in [-0.15, -0.1) is 0 Å². The average molecular weight is 311 g/mol. The lowest BCUT2D eigenvalue weighted by atomic mass is 10.0. The largest absolute Gasteiger partial charge is 0.360 e. The van der Waals surface area contributed by atoms with E-state index in [4.69, 9.17) is 4.52 Å². The van der Waals surface area contributed by atoms with Crippen LogP contribution in [0.4, 0.5) is 5.69 Å². The molecular formula is C17H17N3O3. The van der Waals surface area contributed by atoms with Gasteiger partial charge < -0.3 is 15.2 Å². The predicted molar refractivity (Wildman–Crippen MR) is 83.1 cm³/mol. The SMILES string of the molecule is CC(NC(=O)c1cc(C2CC2)on1)c1ccc2c(c1)CC(=O)N2. The summed E-state index contributed by atoms with van der Waals surface area (Å²) in [5.74, 6) is 0.986. The van der Waals surface area contributed by atoms with Crippen LogP contribution in [0.5, 0.6) is 0 Å². The van der Waals surface area contributed by atoms with Crippen LogP contribution in [-0.4, -0.2) is 17.0 Å². The van der Waals surface area contributed by atoms with Crippen LogP contribution >= 0.6 is 0 Å². The molecule has 1 unspecified atom stereocenters. The number of hydrogen-bond donors (Lipinski definition) is 2. The van der Waals surface area contributed by atoms with Gasteiger partial charge in [0.2, 0.25) is 5.91 Å². The van der Waals surface area contributed by atoms with E-state index >= 15 is 0 Å². The highest BCUT2D eigenvalue weighted by atomic mass is 16.5. The third kappa shape index (κ3) is 2.72. The molecule has 2 aliphatic rings. The molecule has 4 rings (SSSR count). The number of fused-ring (bicyclic) bond motifs is 1. The van der Waals surface area contributed by atoms with E-state index in [-0.39, 0.29) is 17.9 Å². The minimum atomic E-state index is -0.247. The number of anilines is 1. The smallest absolute Gasteiger partial charge is 0.273 e. The molecule has 0 radical (unpaired) electrons. The van der Waals surface area contributed by atoms with Crippen LogP contribution in [0.1, 0.15) is 59.1 Å². The number of nitrogens with zero attached hydrogens (tertiary/aromatic N) is 1. The topological polar surface area (TPSA) is 84.2 Å². The Morgan fingerprint density at radius 1 is 1.39 bits per heavy atom. The first-order valence-corrected chi connectivity index (χ1v) is 7.80. The van der Waals surface area contributed by atoms with Crippen LogP contribution in [0, 0.1) is 0 Å². The van der Waals surface area contributed by atoms with Gasteiger partial charge in [-0.25, -0.2) is 0 Å². The van der Waals surface area contributed by atoms with E-state index in [1.165, 1.54) is 0 Å². The van der Waals surface area contributed by atoms with Gasteiger partial charge in [-0.2, -0.15) is 0 Å². The summed E-state index contributed by atoms with van der Waals surface area (Å²) in [6, 6.07) is 7.29. The van der Waals surface area contributed by atoms with Gasteiger partial charge in [-0.3, -0.25) is 9.59 Å². The lowest BCUT2D eigenvalue weighted by molar-refractivity contribution is -0.115. The molecular weight excluding hydrogens is 294 g/mol. The molecule has 1 saturated carbocycles. The number of aromatic nitrogens is 1. The lowest BCUT2D eigenvalue weighted by Crippen LogP contribution is -2.26. The summed E-state index contributed by atoms with van der Waals surface area (Å²) in [7, 11) is 0. The second kappa shape index (κ2) is 5.22. The molecule has 0 spiro atoms. The number of hydrogen-bond acceptors (Lipinski definition) is 4. The lowest BCUT2D eigenvalue weighted by Gasteiger charge is -2.14. The molecule has 1 aliphatic heterocycles. The van der Waals surface area contributed by atoms with Crippen molar-refractivity contribution in [3.05, 3.63) is 46.8 Å². The van der Waals surface area contributed by atoms with Crippen LogP contribution < -0.4 is 10.6 Å². The van der Waals surface area contributed by atoms with E-state index in [2.05, 4.69) is 15.8 Å². The molecule has 23 heavy (non-hydrogen) atoms. The van der Waals surface area contributed by atoms with Crippen LogP contribution in [0.15, 0.2) is 28.8 Å². The molecule has 1 atom stereocenters. The summed E-state index contributed by atoms with van der Waals surface area (Å²) >= 11 is 0. The van der Waals surface area contributed by atoms with Gasteiger partial charge in [0.1, 0.15) is 5.76 Å². The van der Waals surface area contributed by atoms with Crippen LogP contribution in [0.25, 0.3) is 0 Å². The number of rotatable bonds is 4. The summed E-state index contributed by atoms with van der Waals surface area (Å²) in [5, 5.41) is 9.57. The molecule has 118 valence electrons. The zero-order valence-electron chi connectivity index (χ0n) is 12.8. The van der Waals surface area contributed by atoms with Crippen molar-refractivity contribution in [2.45, 2.75) is 38.1 Å². The molecule has 1 aromatic heterocycles.